The van der Waals surface area contributed by atoms with Gasteiger partial charge in [-0.05, 0) is 17.9 Å². The summed E-state index contributed by atoms with van der Waals surface area (Å²) < 4.78 is 1.60. The van der Waals surface area contributed by atoms with Gasteiger partial charge in [0.05, 0.1) is 6.61 Å². The Morgan fingerprint density at radius 2 is 2.22 bits per heavy atom. The average molecular weight is 256 g/mol. The number of imidazole rings is 1. The van der Waals surface area contributed by atoms with E-state index < -0.39 is 4.92 Å². The van der Waals surface area contributed by atoms with E-state index in [4.69, 9.17) is 5.11 Å². The zero-order chi connectivity index (χ0) is 13.5. The second-order valence-electron chi connectivity index (χ2n) is 4.14. The minimum absolute atomic E-state index is 0.0212. The molecule has 0 saturated carbocycles. The van der Waals surface area contributed by atoms with Crippen molar-refractivity contribution in [2.24, 2.45) is 0 Å². The van der Waals surface area contributed by atoms with Gasteiger partial charge in [-0.15, -0.1) is 0 Å². The highest BCUT2D eigenvalue weighted by atomic mass is 16.6. The monoisotopic (exact) mass is 256 g/mol. The van der Waals surface area contributed by atoms with Crippen LogP contribution in [0.25, 0.3) is 0 Å². The van der Waals surface area contributed by atoms with Gasteiger partial charge in [0.2, 0.25) is 0 Å². The maximum absolute atomic E-state index is 10.8. The maximum atomic E-state index is 10.8. The molecular formula is C11H20N4O3. The van der Waals surface area contributed by atoms with Crippen LogP contribution in [0.1, 0.15) is 19.2 Å². The number of rotatable bonds is 8. The lowest BCUT2D eigenvalue weighted by Crippen LogP contribution is -2.31. The summed E-state index contributed by atoms with van der Waals surface area (Å²) in [6.07, 6.45) is 2.27. The number of aliphatic hydroxyl groups is 1. The van der Waals surface area contributed by atoms with Crippen molar-refractivity contribution in [2.75, 3.05) is 26.2 Å². The van der Waals surface area contributed by atoms with Crippen molar-refractivity contribution in [3.05, 3.63) is 22.1 Å². The molecule has 0 saturated heterocycles. The predicted molar refractivity (Wildman–Crippen MR) is 67.4 cm³/mol. The van der Waals surface area contributed by atoms with Gasteiger partial charge in [0, 0.05) is 20.0 Å². The summed E-state index contributed by atoms with van der Waals surface area (Å²) >= 11 is 0. The van der Waals surface area contributed by atoms with Gasteiger partial charge in [-0.25, -0.2) is 9.55 Å². The molecule has 0 radical (unpaired) electrons. The highest BCUT2D eigenvalue weighted by Crippen LogP contribution is 2.13. The quantitative estimate of drug-likeness (QED) is 0.549. The van der Waals surface area contributed by atoms with Crippen LogP contribution in [0.4, 0.5) is 5.82 Å². The van der Waals surface area contributed by atoms with Crippen LogP contribution in [0.15, 0.2) is 6.20 Å². The van der Waals surface area contributed by atoms with E-state index in [1.807, 2.05) is 0 Å². The SMILES string of the molecule is CCCN(CCO)CCn1c([N+](=O)[O-])cnc1C. The number of aryl methyl sites for hydroxylation is 1. The van der Waals surface area contributed by atoms with Gasteiger partial charge in [0.25, 0.3) is 0 Å². The largest absolute Gasteiger partial charge is 0.395 e. The third kappa shape index (κ3) is 3.78. The molecule has 0 amide bonds. The first-order chi connectivity index (χ1) is 8.60. The van der Waals surface area contributed by atoms with Crippen molar-refractivity contribution >= 4 is 5.82 Å². The lowest BCUT2D eigenvalue weighted by atomic mass is 10.4. The molecule has 0 fully saturated rings. The zero-order valence-corrected chi connectivity index (χ0v) is 10.9. The Kier molecular flexibility index (Phi) is 5.73. The molecular weight excluding hydrogens is 236 g/mol. The Morgan fingerprint density at radius 3 is 2.78 bits per heavy atom. The van der Waals surface area contributed by atoms with Crippen molar-refractivity contribution in [3.8, 4) is 0 Å². The number of aromatic nitrogens is 2. The van der Waals surface area contributed by atoms with Gasteiger partial charge in [-0.1, -0.05) is 6.92 Å². The fourth-order valence-electron chi connectivity index (χ4n) is 1.91. The van der Waals surface area contributed by atoms with Crippen molar-refractivity contribution < 1.29 is 10.0 Å². The zero-order valence-electron chi connectivity index (χ0n) is 10.9. The third-order valence-electron chi connectivity index (χ3n) is 2.82. The van der Waals surface area contributed by atoms with Crippen molar-refractivity contribution in [3.63, 3.8) is 0 Å². The minimum atomic E-state index is -0.420. The van der Waals surface area contributed by atoms with E-state index in [1.54, 1.807) is 11.5 Å². The normalized spacial score (nSPS) is 11.1. The van der Waals surface area contributed by atoms with Crippen LogP contribution in [0.2, 0.25) is 0 Å². The third-order valence-corrected chi connectivity index (χ3v) is 2.82. The highest BCUT2D eigenvalue weighted by molar-refractivity contribution is 5.18. The van der Waals surface area contributed by atoms with Crippen molar-refractivity contribution in [1.82, 2.24) is 14.5 Å². The molecule has 18 heavy (non-hydrogen) atoms. The summed E-state index contributed by atoms with van der Waals surface area (Å²) in [5, 5.41) is 19.8. The fourth-order valence-corrected chi connectivity index (χ4v) is 1.91. The van der Waals surface area contributed by atoms with Gasteiger partial charge >= 0.3 is 5.82 Å². The lowest BCUT2D eigenvalue weighted by Gasteiger charge is -2.19. The molecule has 0 atom stereocenters. The topological polar surface area (TPSA) is 84.4 Å². The Morgan fingerprint density at radius 1 is 1.50 bits per heavy atom. The molecule has 0 aliphatic rings. The van der Waals surface area contributed by atoms with Crippen LogP contribution < -0.4 is 0 Å². The fraction of sp³-hybridized carbons (Fsp3) is 0.727. The molecule has 7 heteroatoms. The van der Waals surface area contributed by atoms with Crippen molar-refractivity contribution in [1.29, 1.82) is 0 Å². The van der Waals surface area contributed by atoms with E-state index in [0.717, 1.165) is 13.0 Å². The first-order valence-electron chi connectivity index (χ1n) is 6.09. The van der Waals surface area contributed by atoms with Crippen LogP contribution in [0.5, 0.6) is 0 Å². The molecule has 0 bridgehead atoms. The molecule has 1 aromatic rings. The molecule has 0 unspecified atom stereocenters. The standard InChI is InChI=1S/C11H20N4O3/c1-3-4-13(7-8-16)5-6-14-10(2)12-9-11(14)15(17)18/h9,16H,3-8H2,1-2H3. The van der Waals surface area contributed by atoms with Crippen LogP contribution in [0, 0.1) is 17.0 Å². The van der Waals surface area contributed by atoms with Gasteiger partial charge in [0.1, 0.15) is 12.7 Å². The Labute approximate surface area is 106 Å². The molecule has 0 aromatic carbocycles. The molecule has 0 spiro atoms. The van der Waals surface area contributed by atoms with Crippen LogP contribution >= 0.6 is 0 Å². The average Bonchev–Trinajstić information content (AvgIpc) is 2.68. The minimum Gasteiger partial charge on any atom is -0.395 e. The van der Waals surface area contributed by atoms with E-state index in [0.29, 0.717) is 25.5 Å². The lowest BCUT2D eigenvalue weighted by molar-refractivity contribution is -0.392. The first kappa shape index (κ1) is 14.6. The summed E-state index contributed by atoms with van der Waals surface area (Å²) in [5.41, 5.74) is 0. The summed E-state index contributed by atoms with van der Waals surface area (Å²) in [5.74, 6) is 0.662. The van der Waals surface area contributed by atoms with Gasteiger partial charge in [-0.2, -0.15) is 0 Å². The summed E-state index contributed by atoms with van der Waals surface area (Å²) in [4.78, 5) is 16.4. The molecule has 1 heterocycles. The molecule has 0 aliphatic carbocycles. The molecule has 0 aliphatic heterocycles. The number of nitro groups is 1. The number of nitrogens with zero attached hydrogens (tertiary/aromatic N) is 4. The Bertz CT molecular complexity index is 386. The van der Waals surface area contributed by atoms with E-state index in [9.17, 15) is 10.1 Å². The molecule has 1 aromatic heterocycles. The van der Waals surface area contributed by atoms with E-state index in [2.05, 4.69) is 16.8 Å². The predicted octanol–water partition coefficient (Wildman–Crippen LogP) is 0.804. The summed E-state index contributed by atoms with van der Waals surface area (Å²) in [6.45, 7) is 6.58. The van der Waals surface area contributed by atoms with E-state index >= 15 is 0 Å². The summed E-state index contributed by atoms with van der Waals surface area (Å²) in [6, 6.07) is 0. The number of hydrogen-bond acceptors (Lipinski definition) is 5. The number of hydrogen-bond donors (Lipinski definition) is 1. The van der Waals surface area contributed by atoms with Crippen LogP contribution in [-0.4, -0.2) is 50.7 Å². The molecule has 1 rings (SSSR count). The van der Waals surface area contributed by atoms with Crippen molar-refractivity contribution in [2.45, 2.75) is 26.8 Å². The van der Waals surface area contributed by atoms with Crippen LogP contribution in [0.3, 0.4) is 0 Å². The summed E-state index contributed by atoms with van der Waals surface area (Å²) in [7, 11) is 0. The van der Waals surface area contributed by atoms with Gasteiger partial charge < -0.3 is 15.2 Å². The second-order valence-corrected chi connectivity index (χ2v) is 4.14. The van der Waals surface area contributed by atoms with E-state index in [-0.39, 0.29) is 12.4 Å². The molecule has 7 nitrogen and oxygen atoms in total. The molecule has 1 N–H and O–H groups in total. The Balaban J connectivity index is 2.66. The van der Waals surface area contributed by atoms with E-state index in [1.165, 1.54) is 6.20 Å². The van der Waals surface area contributed by atoms with Gasteiger partial charge in [-0.3, -0.25) is 4.90 Å². The van der Waals surface area contributed by atoms with Gasteiger partial charge in [0.15, 0.2) is 5.82 Å². The highest BCUT2D eigenvalue weighted by Gasteiger charge is 2.17. The molecule has 102 valence electrons. The first-order valence-corrected chi connectivity index (χ1v) is 6.09. The maximum Gasteiger partial charge on any atom is 0.342 e. The second kappa shape index (κ2) is 7.07. The smallest absolute Gasteiger partial charge is 0.342 e. The Hall–Kier alpha value is -1.47. The van der Waals surface area contributed by atoms with Crippen LogP contribution in [-0.2, 0) is 6.54 Å². The number of aliphatic hydroxyl groups excluding tert-OH is 1.